The standard InChI is InChI=1S/C18H23BrN4OS/c1-13-11-17(18(24-3)20-14(13)2)23(25)22-9-7-21(8-10-22)16-6-4-5-15(19)12-16/h4-6,11-12,25H,7-10H2,1-3H3. The van der Waals surface area contributed by atoms with Crippen molar-refractivity contribution in [1.29, 1.82) is 0 Å². The molecule has 2 aromatic rings. The number of ether oxygens (including phenoxy) is 1. The number of aromatic nitrogens is 1. The second-order valence-corrected chi connectivity index (χ2v) is 7.42. The highest BCUT2D eigenvalue weighted by molar-refractivity contribution is 9.10. The number of anilines is 2. The molecule has 0 amide bonds. The normalized spacial score (nSPS) is 15.3. The first-order valence-corrected chi connectivity index (χ1v) is 9.45. The smallest absolute Gasteiger partial charge is 0.240 e. The molecule has 1 aromatic heterocycles. The van der Waals surface area contributed by atoms with Gasteiger partial charge in [-0.25, -0.2) is 14.4 Å². The number of methoxy groups -OCH3 is 1. The SMILES string of the molecule is COc1nc(C)c(C)cc1N(S)N1CCN(c2cccc(Br)c2)CC1. The maximum atomic E-state index is 5.45. The average Bonchev–Trinajstić information content (AvgIpc) is 2.63. The minimum atomic E-state index is 0.604. The molecule has 3 rings (SSSR count). The van der Waals surface area contributed by atoms with Gasteiger partial charge in [0.1, 0.15) is 5.69 Å². The van der Waals surface area contributed by atoms with Crippen molar-refractivity contribution in [2.45, 2.75) is 13.8 Å². The Bertz CT molecular complexity index is 750. The third-order valence-electron chi connectivity index (χ3n) is 4.52. The molecule has 1 aliphatic heterocycles. The Kier molecular flexibility index (Phi) is 5.76. The fraction of sp³-hybridized carbons (Fsp3) is 0.389. The lowest BCUT2D eigenvalue weighted by Gasteiger charge is -2.40. The Balaban J connectivity index is 1.71. The minimum Gasteiger partial charge on any atom is -0.479 e. The summed E-state index contributed by atoms with van der Waals surface area (Å²) in [5.41, 5.74) is 4.22. The van der Waals surface area contributed by atoms with Crippen molar-refractivity contribution >= 4 is 40.1 Å². The quantitative estimate of drug-likeness (QED) is 0.756. The number of halogens is 1. The molecular formula is C18H23BrN4OS. The molecule has 0 unspecified atom stereocenters. The van der Waals surface area contributed by atoms with Gasteiger partial charge in [0.25, 0.3) is 0 Å². The van der Waals surface area contributed by atoms with Crippen LogP contribution in [0.1, 0.15) is 11.3 Å². The van der Waals surface area contributed by atoms with E-state index >= 15 is 0 Å². The van der Waals surface area contributed by atoms with Gasteiger partial charge < -0.3 is 9.64 Å². The van der Waals surface area contributed by atoms with Crippen molar-refractivity contribution in [3.8, 4) is 5.88 Å². The van der Waals surface area contributed by atoms with E-state index in [0.29, 0.717) is 5.88 Å². The van der Waals surface area contributed by atoms with Crippen molar-refractivity contribution in [1.82, 2.24) is 9.99 Å². The van der Waals surface area contributed by atoms with Crippen molar-refractivity contribution in [3.05, 3.63) is 46.1 Å². The van der Waals surface area contributed by atoms with E-state index in [9.17, 15) is 0 Å². The van der Waals surface area contributed by atoms with Gasteiger partial charge in [-0.15, -0.1) is 0 Å². The van der Waals surface area contributed by atoms with E-state index in [-0.39, 0.29) is 0 Å². The Hall–Kier alpha value is -1.44. The minimum absolute atomic E-state index is 0.604. The first-order chi connectivity index (χ1) is 12.0. The summed E-state index contributed by atoms with van der Waals surface area (Å²) in [7, 11) is 1.65. The summed E-state index contributed by atoms with van der Waals surface area (Å²) in [4.78, 5) is 6.91. The van der Waals surface area contributed by atoms with E-state index in [2.05, 4.69) is 62.0 Å². The van der Waals surface area contributed by atoms with E-state index < -0.39 is 0 Å². The highest BCUT2D eigenvalue weighted by Gasteiger charge is 2.24. The van der Waals surface area contributed by atoms with Gasteiger partial charge in [-0.3, -0.25) is 0 Å². The highest BCUT2D eigenvalue weighted by atomic mass is 79.9. The molecule has 134 valence electrons. The summed E-state index contributed by atoms with van der Waals surface area (Å²) in [6, 6.07) is 10.5. The summed E-state index contributed by atoms with van der Waals surface area (Å²) >= 11 is 8.26. The van der Waals surface area contributed by atoms with Crippen LogP contribution in [0.5, 0.6) is 5.88 Å². The van der Waals surface area contributed by atoms with Crippen molar-refractivity contribution in [2.24, 2.45) is 0 Å². The molecule has 0 spiro atoms. The summed E-state index contributed by atoms with van der Waals surface area (Å²) in [6.45, 7) is 7.68. The Morgan fingerprint density at radius 2 is 1.88 bits per heavy atom. The number of aryl methyl sites for hydroxylation is 2. The van der Waals surface area contributed by atoms with Crippen molar-refractivity contribution in [2.75, 3.05) is 42.6 Å². The lowest BCUT2D eigenvalue weighted by Crippen LogP contribution is -2.51. The second kappa shape index (κ2) is 7.85. The summed E-state index contributed by atoms with van der Waals surface area (Å²) < 4.78 is 8.43. The fourth-order valence-electron chi connectivity index (χ4n) is 2.93. The lowest BCUT2D eigenvalue weighted by molar-refractivity contribution is 0.276. The molecule has 7 heteroatoms. The van der Waals surface area contributed by atoms with Crippen LogP contribution >= 0.6 is 28.7 Å². The summed E-state index contributed by atoms with van der Waals surface area (Å²) in [5.74, 6) is 0.604. The van der Waals surface area contributed by atoms with E-state index in [1.165, 1.54) is 5.69 Å². The number of thiol groups is 1. The monoisotopic (exact) mass is 422 g/mol. The van der Waals surface area contributed by atoms with Crippen LogP contribution < -0.4 is 14.1 Å². The van der Waals surface area contributed by atoms with Gasteiger partial charge in [0, 0.05) is 42.0 Å². The molecule has 0 saturated carbocycles. The van der Waals surface area contributed by atoms with Gasteiger partial charge in [-0.1, -0.05) is 22.0 Å². The predicted molar refractivity (Wildman–Crippen MR) is 110 cm³/mol. The predicted octanol–water partition coefficient (Wildman–Crippen LogP) is 3.86. The maximum absolute atomic E-state index is 5.45. The molecule has 0 radical (unpaired) electrons. The number of nitrogens with zero attached hydrogens (tertiary/aromatic N) is 4. The number of hydrogen-bond acceptors (Lipinski definition) is 6. The van der Waals surface area contributed by atoms with Crippen LogP contribution in [0, 0.1) is 13.8 Å². The number of hydrazine groups is 1. The Morgan fingerprint density at radius 3 is 2.52 bits per heavy atom. The van der Waals surface area contributed by atoms with E-state index in [0.717, 1.165) is 47.6 Å². The Labute approximate surface area is 163 Å². The molecule has 0 bridgehead atoms. The number of pyridine rings is 1. The molecule has 0 N–H and O–H groups in total. The molecule has 2 heterocycles. The van der Waals surface area contributed by atoms with E-state index in [4.69, 9.17) is 17.6 Å². The third kappa shape index (κ3) is 4.04. The average molecular weight is 423 g/mol. The topological polar surface area (TPSA) is 31.8 Å². The zero-order valence-electron chi connectivity index (χ0n) is 14.7. The summed E-state index contributed by atoms with van der Waals surface area (Å²) in [6.07, 6.45) is 0. The molecule has 1 aliphatic rings. The number of rotatable bonds is 4. The van der Waals surface area contributed by atoms with Gasteiger partial charge in [0.2, 0.25) is 5.88 Å². The largest absolute Gasteiger partial charge is 0.479 e. The van der Waals surface area contributed by atoms with Gasteiger partial charge in [0.05, 0.1) is 7.11 Å². The van der Waals surface area contributed by atoms with Crippen LogP contribution in [0.25, 0.3) is 0 Å². The number of benzene rings is 1. The first-order valence-electron chi connectivity index (χ1n) is 8.26. The van der Waals surface area contributed by atoms with Crippen LogP contribution in [0.4, 0.5) is 11.4 Å². The molecule has 5 nitrogen and oxygen atoms in total. The Morgan fingerprint density at radius 1 is 1.16 bits per heavy atom. The third-order valence-corrected chi connectivity index (χ3v) is 5.48. The first kappa shape index (κ1) is 18.4. The van der Waals surface area contributed by atoms with Gasteiger partial charge in [0.15, 0.2) is 0 Å². The molecule has 0 atom stereocenters. The second-order valence-electron chi connectivity index (χ2n) is 6.13. The lowest BCUT2D eigenvalue weighted by atomic mass is 10.2. The molecule has 1 saturated heterocycles. The van der Waals surface area contributed by atoms with Crippen molar-refractivity contribution < 1.29 is 4.74 Å². The fourth-order valence-corrected chi connectivity index (χ4v) is 3.64. The van der Waals surface area contributed by atoms with Crippen LogP contribution in [0.3, 0.4) is 0 Å². The molecule has 1 fully saturated rings. The van der Waals surface area contributed by atoms with Crippen LogP contribution in [0.2, 0.25) is 0 Å². The van der Waals surface area contributed by atoms with E-state index in [1.54, 1.807) is 7.11 Å². The molecule has 0 aliphatic carbocycles. The maximum Gasteiger partial charge on any atom is 0.240 e. The number of piperazine rings is 1. The molecular weight excluding hydrogens is 400 g/mol. The summed E-state index contributed by atoms with van der Waals surface area (Å²) in [5, 5.41) is 2.21. The molecule has 1 aromatic carbocycles. The van der Waals surface area contributed by atoms with Crippen molar-refractivity contribution in [3.63, 3.8) is 0 Å². The highest BCUT2D eigenvalue weighted by Crippen LogP contribution is 2.31. The van der Waals surface area contributed by atoms with E-state index in [1.807, 2.05) is 17.4 Å². The van der Waals surface area contributed by atoms with Crippen LogP contribution in [-0.4, -0.2) is 43.3 Å². The number of hydrogen-bond donors (Lipinski definition) is 1. The zero-order valence-corrected chi connectivity index (χ0v) is 17.2. The van der Waals surface area contributed by atoms with Crippen LogP contribution in [-0.2, 0) is 0 Å². The van der Waals surface area contributed by atoms with Gasteiger partial charge in [-0.2, -0.15) is 0 Å². The zero-order chi connectivity index (χ0) is 18.0. The van der Waals surface area contributed by atoms with Crippen LogP contribution in [0.15, 0.2) is 34.8 Å². The van der Waals surface area contributed by atoms with Gasteiger partial charge >= 0.3 is 0 Å². The van der Waals surface area contributed by atoms with Gasteiger partial charge in [-0.05, 0) is 56.5 Å². The molecule has 25 heavy (non-hydrogen) atoms.